The summed E-state index contributed by atoms with van der Waals surface area (Å²) in [7, 11) is 1.50. The first-order valence-corrected chi connectivity index (χ1v) is 7.83. The molecule has 0 unspecified atom stereocenters. The number of carbonyl (C=O) groups excluding carboxylic acids is 1. The molecule has 0 N–H and O–H groups in total. The fourth-order valence-electron chi connectivity index (χ4n) is 2.04. The smallest absolute Gasteiger partial charge is 0.279 e. The standard InChI is InChI=1S/C16H14N4O2S/c1-22-15-5-4-14(18-19-15)16(21)20(10-12-6-8-23-11-12)13-3-2-7-17-9-13/h2-9,11H,10H2,1H3. The number of pyridine rings is 1. The summed E-state index contributed by atoms with van der Waals surface area (Å²) >= 11 is 1.59. The van der Waals surface area contributed by atoms with Gasteiger partial charge in [-0.2, -0.15) is 11.3 Å². The Balaban J connectivity index is 1.91. The minimum absolute atomic E-state index is 0.237. The number of methoxy groups -OCH3 is 1. The summed E-state index contributed by atoms with van der Waals surface area (Å²) in [4.78, 5) is 18.6. The second-order valence-corrected chi connectivity index (χ2v) is 5.48. The van der Waals surface area contributed by atoms with E-state index in [2.05, 4.69) is 15.2 Å². The van der Waals surface area contributed by atoms with Gasteiger partial charge >= 0.3 is 0 Å². The van der Waals surface area contributed by atoms with Crippen LogP contribution in [-0.2, 0) is 6.54 Å². The molecular formula is C16H14N4O2S. The van der Waals surface area contributed by atoms with Crippen LogP contribution in [-0.4, -0.2) is 28.2 Å². The van der Waals surface area contributed by atoms with Gasteiger partial charge in [-0.05, 0) is 40.6 Å². The first-order valence-electron chi connectivity index (χ1n) is 6.88. The highest BCUT2D eigenvalue weighted by molar-refractivity contribution is 7.07. The Morgan fingerprint density at radius 2 is 2.17 bits per heavy atom. The summed E-state index contributed by atoms with van der Waals surface area (Å²) in [6, 6.07) is 8.84. The summed E-state index contributed by atoms with van der Waals surface area (Å²) in [6.45, 7) is 0.446. The van der Waals surface area contributed by atoms with Gasteiger partial charge in [-0.25, -0.2) is 0 Å². The van der Waals surface area contributed by atoms with Crippen LogP contribution in [0.15, 0.2) is 53.5 Å². The first-order chi connectivity index (χ1) is 11.3. The lowest BCUT2D eigenvalue weighted by molar-refractivity contribution is 0.0979. The maximum Gasteiger partial charge on any atom is 0.279 e. The van der Waals surface area contributed by atoms with Gasteiger partial charge in [-0.1, -0.05) is 0 Å². The zero-order valence-corrected chi connectivity index (χ0v) is 13.2. The molecule has 3 heterocycles. The summed E-state index contributed by atoms with van der Waals surface area (Å²) in [6.07, 6.45) is 3.32. The highest BCUT2D eigenvalue weighted by Crippen LogP contribution is 2.20. The van der Waals surface area contributed by atoms with E-state index in [1.54, 1.807) is 46.8 Å². The SMILES string of the molecule is COc1ccc(C(=O)N(Cc2ccsc2)c2cccnc2)nn1. The van der Waals surface area contributed by atoms with Crippen molar-refractivity contribution in [3.8, 4) is 5.88 Å². The molecule has 0 atom stereocenters. The topological polar surface area (TPSA) is 68.2 Å². The van der Waals surface area contributed by atoms with Gasteiger partial charge in [0.1, 0.15) is 0 Å². The minimum Gasteiger partial charge on any atom is -0.480 e. The number of carbonyl (C=O) groups is 1. The van der Waals surface area contributed by atoms with Crippen molar-refractivity contribution in [3.63, 3.8) is 0 Å². The molecule has 0 fully saturated rings. The predicted octanol–water partition coefficient (Wildman–Crippen LogP) is 2.79. The van der Waals surface area contributed by atoms with Crippen molar-refractivity contribution in [3.05, 3.63) is 64.7 Å². The molecular weight excluding hydrogens is 312 g/mol. The zero-order valence-electron chi connectivity index (χ0n) is 12.4. The van der Waals surface area contributed by atoms with Crippen LogP contribution in [0.2, 0.25) is 0 Å². The van der Waals surface area contributed by atoms with Gasteiger partial charge in [0.15, 0.2) is 5.69 Å². The molecule has 7 heteroatoms. The molecule has 3 aromatic heterocycles. The van der Waals surface area contributed by atoms with E-state index in [4.69, 9.17) is 4.74 Å². The molecule has 0 saturated heterocycles. The highest BCUT2D eigenvalue weighted by atomic mass is 32.1. The van der Waals surface area contributed by atoms with E-state index in [1.807, 2.05) is 22.9 Å². The molecule has 0 saturated carbocycles. The first kappa shape index (κ1) is 15.1. The van der Waals surface area contributed by atoms with Crippen LogP contribution < -0.4 is 9.64 Å². The number of anilines is 1. The molecule has 1 amide bonds. The third kappa shape index (κ3) is 3.51. The van der Waals surface area contributed by atoms with Crippen molar-refractivity contribution in [1.82, 2.24) is 15.2 Å². The largest absolute Gasteiger partial charge is 0.480 e. The molecule has 6 nitrogen and oxygen atoms in total. The molecule has 0 bridgehead atoms. The van der Waals surface area contributed by atoms with Crippen molar-refractivity contribution < 1.29 is 9.53 Å². The van der Waals surface area contributed by atoms with Crippen LogP contribution in [0.25, 0.3) is 0 Å². The number of rotatable bonds is 5. The van der Waals surface area contributed by atoms with Gasteiger partial charge in [0.05, 0.1) is 25.5 Å². The fraction of sp³-hybridized carbons (Fsp3) is 0.125. The fourth-order valence-corrected chi connectivity index (χ4v) is 2.70. The average Bonchev–Trinajstić information content (AvgIpc) is 3.13. The van der Waals surface area contributed by atoms with Gasteiger partial charge < -0.3 is 9.64 Å². The third-order valence-electron chi connectivity index (χ3n) is 3.19. The van der Waals surface area contributed by atoms with Crippen molar-refractivity contribution in [1.29, 1.82) is 0 Å². The Hall–Kier alpha value is -2.80. The quantitative estimate of drug-likeness (QED) is 0.721. The van der Waals surface area contributed by atoms with Crippen LogP contribution in [0.1, 0.15) is 16.1 Å². The zero-order chi connectivity index (χ0) is 16.1. The van der Waals surface area contributed by atoms with Crippen molar-refractivity contribution in [2.75, 3.05) is 12.0 Å². The van der Waals surface area contributed by atoms with Crippen LogP contribution >= 0.6 is 11.3 Å². The summed E-state index contributed by atoms with van der Waals surface area (Å²) in [5, 5.41) is 11.8. The van der Waals surface area contributed by atoms with Gasteiger partial charge in [0.25, 0.3) is 5.91 Å². The lowest BCUT2D eigenvalue weighted by Crippen LogP contribution is -2.31. The molecule has 3 rings (SSSR count). The van der Waals surface area contributed by atoms with Crippen molar-refractivity contribution in [2.45, 2.75) is 6.54 Å². The number of aromatic nitrogens is 3. The summed E-state index contributed by atoms with van der Waals surface area (Å²) in [5.41, 5.74) is 2.01. The molecule has 3 aromatic rings. The molecule has 116 valence electrons. The monoisotopic (exact) mass is 326 g/mol. The van der Waals surface area contributed by atoms with Crippen LogP contribution in [0.3, 0.4) is 0 Å². The van der Waals surface area contributed by atoms with Crippen LogP contribution in [0.4, 0.5) is 5.69 Å². The van der Waals surface area contributed by atoms with Crippen LogP contribution in [0.5, 0.6) is 5.88 Å². The number of hydrogen-bond acceptors (Lipinski definition) is 6. The van der Waals surface area contributed by atoms with E-state index in [1.165, 1.54) is 7.11 Å². The van der Waals surface area contributed by atoms with E-state index in [-0.39, 0.29) is 11.6 Å². The predicted molar refractivity (Wildman–Crippen MR) is 87.7 cm³/mol. The Morgan fingerprint density at radius 3 is 2.78 bits per heavy atom. The molecule has 23 heavy (non-hydrogen) atoms. The Labute approximate surface area is 137 Å². The van der Waals surface area contributed by atoms with Crippen molar-refractivity contribution in [2.24, 2.45) is 0 Å². The molecule has 0 aliphatic carbocycles. The third-order valence-corrected chi connectivity index (χ3v) is 3.92. The highest BCUT2D eigenvalue weighted by Gasteiger charge is 2.20. The maximum absolute atomic E-state index is 12.8. The molecule has 0 spiro atoms. The normalized spacial score (nSPS) is 10.3. The van der Waals surface area contributed by atoms with E-state index in [0.717, 1.165) is 5.56 Å². The molecule has 0 radical (unpaired) electrons. The Bertz CT molecular complexity index is 761. The number of amides is 1. The average molecular weight is 326 g/mol. The number of ether oxygens (including phenoxy) is 1. The molecule has 0 aromatic carbocycles. The van der Waals surface area contributed by atoms with E-state index in [9.17, 15) is 4.79 Å². The summed E-state index contributed by atoms with van der Waals surface area (Å²) < 4.78 is 4.97. The Morgan fingerprint density at radius 1 is 1.26 bits per heavy atom. The molecule has 0 aliphatic rings. The van der Waals surface area contributed by atoms with Gasteiger partial charge in [0, 0.05) is 12.3 Å². The second-order valence-electron chi connectivity index (χ2n) is 4.70. The van der Waals surface area contributed by atoms with Gasteiger partial charge in [-0.3, -0.25) is 9.78 Å². The van der Waals surface area contributed by atoms with E-state index in [0.29, 0.717) is 18.1 Å². The number of thiophene rings is 1. The van der Waals surface area contributed by atoms with E-state index >= 15 is 0 Å². The lowest BCUT2D eigenvalue weighted by atomic mass is 10.2. The van der Waals surface area contributed by atoms with E-state index < -0.39 is 0 Å². The number of nitrogens with zero attached hydrogens (tertiary/aromatic N) is 4. The van der Waals surface area contributed by atoms with Crippen LogP contribution in [0, 0.1) is 0 Å². The minimum atomic E-state index is -0.237. The Kier molecular flexibility index (Phi) is 4.58. The lowest BCUT2D eigenvalue weighted by Gasteiger charge is -2.21. The maximum atomic E-state index is 12.8. The van der Waals surface area contributed by atoms with Gasteiger partial charge in [0.2, 0.25) is 5.88 Å². The second kappa shape index (κ2) is 6.97. The number of hydrogen-bond donors (Lipinski definition) is 0. The van der Waals surface area contributed by atoms with Crippen molar-refractivity contribution >= 4 is 22.9 Å². The summed E-state index contributed by atoms with van der Waals surface area (Å²) in [5.74, 6) is 0.131. The molecule has 0 aliphatic heterocycles. The van der Waals surface area contributed by atoms with Gasteiger partial charge in [-0.15, -0.1) is 10.2 Å².